The third-order valence-electron chi connectivity index (χ3n) is 2.38. The molecule has 0 spiro atoms. The van der Waals surface area contributed by atoms with Crippen molar-refractivity contribution < 1.29 is 4.39 Å². The minimum atomic E-state index is -0.352. The van der Waals surface area contributed by atoms with E-state index in [1.165, 1.54) is 12.3 Å². The van der Waals surface area contributed by atoms with Gasteiger partial charge in [-0.15, -0.1) is 11.6 Å². The molecule has 2 rings (SSSR count). The Kier molecular flexibility index (Phi) is 3.59. The monoisotopic (exact) mass is 250 g/mol. The largest absolute Gasteiger partial charge is 0.340 e. The van der Waals surface area contributed by atoms with Crippen LogP contribution in [0.4, 0.5) is 15.9 Å². The number of aromatic nitrogens is 1. The Morgan fingerprint density at radius 1 is 1.24 bits per heavy atom. The Hall–Kier alpha value is -1.61. The lowest BCUT2D eigenvalue weighted by Crippen LogP contribution is -1.98. The lowest BCUT2D eigenvalue weighted by Gasteiger charge is -2.12. The molecule has 0 bridgehead atoms. The summed E-state index contributed by atoms with van der Waals surface area (Å²) in [7, 11) is 0. The Morgan fingerprint density at radius 3 is 2.65 bits per heavy atom. The van der Waals surface area contributed by atoms with Crippen molar-refractivity contribution in [3.63, 3.8) is 0 Å². The van der Waals surface area contributed by atoms with Gasteiger partial charge in [0.15, 0.2) is 0 Å². The third kappa shape index (κ3) is 2.94. The van der Waals surface area contributed by atoms with Gasteiger partial charge in [-0.3, -0.25) is 0 Å². The molecule has 0 aliphatic carbocycles. The summed E-state index contributed by atoms with van der Waals surface area (Å²) in [6.45, 7) is 1.90. The summed E-state index contributed by atoms with van der Waals surface area (Å²) >= 11 is 6.08. The first-order chi connectivity index (χ1) is 8.16. The summed E-state index contributed by atoms with van der Waals surface area (Å²) in [5.41, 5.74) is 1.87. The van der Waals surface area contributed by atoms with E-state index in [9.17, 15) is 4.39 Å². The summed E-state index contributed by atoms with van der Waals surface area (Å²) in [6, 6.07) is 10.7. The van der Waals surface area contributed by atoms with Gasteiger partial charge < -0.3 is 5.32 Å². The van der Waals surface area contributed by atoms with E-state index in [1.807, 2.05) is 31.2 Å². The number of benzene rings is 1. The van der Waals surface area contributed by atoms with E-state index < -0.39 is 0 Å². The second-order valence-electron chi connectivity index (χ2n) is 3.69. The summed E-state index contributed by atoms with van der Waals surface area (Å²) in [6.07, 6.45) is 1.18. The van der Waals surface area contributed by atoms with Crippen LogP contribution in [0.15, 0.2) is 42.6 Å². The summed E-state index contributed by atoms with van der Waals surface area (Å²) in [5.74, 6) is 0.241. The zero-order chi connectivity index (χ0) is 12.3. The van der Waals surface area contributed by atoms with E-state index in [4.69, 9.17) is 11.6 Å². The van der Waals surface area contributed by atoms with Crippen LogP contribution < -0.4 is 5.32 Å². The standard InChI is InChI=1S/C13H12ClFN2/c1-9(14)11-4-2-3-5-12(11)17-13-7-6-10(15)8-16-13/h2-9H,1H3,(H,16,17). The molecule has 1 N–H and O–H groups in total. The average molecular weight is 251 g/mol. The minimum absolute atomic E-state index is 0.0980. The number of nitrogens with one attached hydrogen (secondary N) is 1. The summed E-state index contributed by atoms with van der Waals surface area (Å²) in [5, 5.41) is 3.02. The van der Waals surface area contributed by atoms with Gasteiger partial charge in [0, 0.05) is 5.69 Å². The van der Waals surface area contributed by atoms with Crippen LogP contribution in [-0.2, 0) is 0 Å². The maximum Gasteiger partial charge on any atom is 0.141 e. The molecule has 4 heteroatoms. The van der Waals surface area contributed by atoms with Gasteiger partial charge in [0.05, 0.1) is 11.6 Å². The Bertz CT molecular complexity index is 497. The van der Waals surface area contributed by atoms with E-state index >= 15 is 0 Å². The van der Waals surface area contributed by atoms with Gasteiger partial charge in [-0.25, -0.2) is 9.37 Å². The highest BCUT2D eigenvalue weighted by atomic mass is 35.5. The highest BCUT2D eigenvalue weighted by molar-refractivity contribution is 6.21. The lowest BCUT2D eigenvalue weighted by atomic mass is 10.1. The molecule has 1 unspecified atom stereocenters. The quantitative estimate of drug-likeness (QED) is 0.823. The molecular formula is C13H12ClFN2. The van der Waals surface area contributed by atoms with Crippen molar-refractivity contribution in [2.24, 2.45) is 0 Å². The number of halogens is 2. The number of anilines is 2. The van der Waals surface area contributed by atoms with Crippen LogP contribution in [0.25, 0.3) is 0 Å². The molecule has 0 radical (unpaired) electrons. The molecule has 17 heavy (non-hydrogen) atoms. The predicted molar refractivity (Wildman–Crippen MR) is 68.2 cm³/mol. The fraction of sp³-hybridized carbons (Fsp3) is 0.154. The average Bonchev–Trinajstić information content (AvgIpc) is 2.32. The zero-order valence-corrected chi connectivity index (χ0v) is 10.1. The van der Waals surface area contributed by atoms with Crippen molar-refractivity contribution in [3.05, 3.63) is 54.0 Å². The van der Waals surface area contributed by atoms with Crippen LogP contribution >= 0.6 is 11.6 Å². The first kappa shape index (κ1) is 11.9. The molecular weight excluding hydrogens is 239 g/mol. The maximum atomic E-state index is 12.7. The lowest BCUT2D eigenvalue weighted by molar-refractivity contribution is 0.622. The molecule has 88 valence electrons. The molecule has 0 aliphatic heterocycles. The molecule has 0 saturated carbocycles. The van der Waals surface area contributed by atoms with Crippen LogP contribution in [0.5, 0.6) is 0 Å². The fourth-order valence-electron chi connectivity index (χ4n) is 1.55. The molecule has 1 aromatic heterocycles. The van der Waals surface area contributed by atoms with Gasteiger partial charge in [0.25, 0.3) is 0 Å². The normalized spacial score (nSPS) is 12.2. The second kappa shape index (κ2) is 5.15. The Morgan fingerprint density at radius 2 is 2.00 bits per heavy atom. The Labute approximate surface area is 104 Å². The van der Waals surface area contributed by atoms with Crippen molar-refractivity contribution in [2.75, 3.05) is 5.32 Å². The van der Waals surface area contributed by atoms with Crippen LogP contribution in [0.1, 0.15) is 17.9 Å². The topological polar surface area (TPSA) is 24.9 Å². The molecule has 2 nitrogen and oxygen atoms in total. The first-order valence-corrected chi connectivity index (χ1v) is 5.72. The number of alkyl halides is 1. The molecule has 1 atom stereocenters. The molecule has 0 fully saturated rings. The molecule has 2 aromatic rings. The number of para-hydroxylation sites is 1. The van der Waals surface area contributed by atoms with Gasteiger partial charge in [-0.05, 0) is 30.7 Å². The van der Waals surface area contributed by atoms with Crippen LogP contribution in [0.2, 0.25) is 0 Å². The van der Waals surface area contributed by atoms with Crippen LogP contribution in [-0.4, -0.2) is 4.98 Å². The van der Waals surface area contributed by atoms with E-state index in [0.29, 0.717) is 5.82 Å². The van der Waals surface area contributed by atoms with Crippen molar-refractivity contribution >= 4 is 23.1 Å². The predicted octanol–water partition coefficient (Wildman–Crippen LogP) is 4.26. The SMILES string of the molecule is CC(Cl)c1ccccc1Nc1ccc(F)cn1. The molecule has 1 aromatic carbocycles. The van der Waals surface area contributed by atoms with Crippen molar-refractivity contribution in [2.45, 2.75) is 12.3 Å². The number of hydrogen-bond donors (Lipinski definition) is 1. The number of nitrogens with zero attached hydrogens (tertiary/aromatic N) is 1. The van der Waals surface area contributed by atoms with Gasteiger partial charge in [0.2, 0.25) is 0 Å². The summed E-state index contributed by atoms with van der Waals surface area (Å²) in [4.78, 5) is 3.94. The third-order valence-corrected chi connectivity index (χ3v) is 2.61. The van der Waals surface area contributed by atoms with Gasteiger partial charge in [-0.2, -0.15) is 0 Å². The zero-order valence-electron chi connectivity index (χ0n) is 9.32. The molecule has 0 saturated heterocycles. The smallest absolute Gasteiger partial charge is 0.141 e. The van der Waals surface area contributed by atoms with Crippen LogP contribution in [0, 0.1) is 5.82 Å². The van der Waals surface area contributed by atoms with Crippen molar-refractivity contribution in [3.8, 4) is 0 Å². The highest BCUT2D eigenvalue weighted by Crippen LogP contribution is 2.28. The highest BCUT2D eigenvalue weighted by Gasteiger charge is 2.07. The van der Waals surface area contributed by atoms with E-state index in [0.717, 1.165) is 11.3 Å². The molecule has 0 amide bonds. The van der Waals surface area contributed by atoms with Gasteiger partial charge in [0.1, 0.15) is 11.6 Å². The second-order valence-corrected chi connectivity index (χ2v) is 4.34. The van der Waals surface area contributed by atoms with E-state index in [1.54, 1.807) is 6.07 Å². The number of hydrogen-bond acceptors (Lipinski definition) is 2. The Balaban J connectivity index is 2.26. The molecule has 0 aliphatic rings. The minimum Gasteiger partial charge on any atom is -0.340 e. The van der Waals surface area contributed by atoms with Crippen LogP contribution in [0.3, 0.4) is 0 Å². The van der Waals surface area contributed by atoms with E-state index in [2.05, 4.69) is 10.3 Å². The van der Waals surface area contributed by atoms with Crippen molar-refractivity contribution in [1.82, 2.24) is 4.98 Å². The van der Waals surface area contributed by atoms with Crippen molar-refractivity contribution in [1.29, 1.82) is 0 Å². The first-order valence-electron chi connectivity index (χ1n) is 5.28. The molecule has 1 heterocycles. The number of pyridine rings is 1. The van der Waals surface area contributed by atoms with Gasteiger partial charge >= 0.3 is 0 Å². The van der Waals surface area contributed by atoms with E-state index in [-0.39, 0.29) is 11.2 Å². The number of rotatable bonds is 3. The van der Waals surface area contributed by atoms with Gasteiger partial charge in [-0.1, -0.05) is 18.2 Å². The summed E-state index contributed by atoms with van der Waals surface area (Å²) < 4.78 is 12.7. The maximum absolute atomic E-state index is 12.7. The fourth-order valence-corrected chi connectivity index (χ4v) is 1.74.